The molecule has 2 aromatic carbocycles. The van der Waals surface area contributed by atoms with E-state index < -0.39 is 52.7 Å². The Bertz CT molecular complexity index is 1150. The summed E-state index contributed by atoms with van der Waals surface area (Å²) in [5.41, 5.74) is -0.961. The number of aliphatic carboxylic acids is 1. The number of carboxylic acids is 1. The molecule has 172 valence electrons. The third-order valence-electron chi connectivity index (χ3n) is 6.35. The van der Waals surface area contributed by atoms with Gasteiger partial charge >= 0.3 is 5.97 Å². The molecule has 4 unspecified atom stereocenters. The second kappa shape index (κ2) is 7.94. The summed E-state index contributed by atoms with van der Waals surface area (Å²) in [4.78, 5) is 52.3. The number of hydrogen-bond acceptors (Lipinski definition) is 8. The number of carboxylic acid groups (broad SMARTS) is 1. The van der Waals surface area contributed by atoms with Crippen molar-refractivity contribution in [3.05, 3.63) is 64.2 Å². The van der Waals surface area contributed by atoms with E-state index in [1.165, 1.54) is 18.2 Å². The number of nitrogens with zero attached hydrogens (tertiary/aromatic N) is 3. The molecule has 0 spiro atoms. The highest BCUT2D eigenvalue weighted by Crippen LogP contribution is 2.50. The molecule has 0 aromatic heterocycles. The summed E-state index contributed by atoms with van der Waals surface area (Å²) in [5.74, 6) is -5.50. The van der Waals surface area contributed by atoms with E-state index in [9.17, 15) is 34.7 Å². The zero-order chi connectivity index (χ0) is 24.1. The van der Waals surface area contributed by atoms with Crippen molar-refractivity contribution in [1.29, 1.82) is 0 Å². The van der Waals surface area contributed by atoms with Crippen LogP contribution in [0.25, 0.3) is 0 Å². The predicted molar refractivity (Wildman–Crippen MR) is 117 cm³/mol. The maximum atomic E-state index is 13.5. The van der Waals surface area contributed by atoms with Crippen LogP contribution in [-0.2, 0) is 14.4 Å². The van der Waals surface area contributed by atoms with E-state index in [0.29, 0.717) is 5.56 Å². The van der Waals surface area contributed by atoms with Crippen molar-refractivity contribution in [3.8, 4) is 0 Å². The zero-order valence-corrected chi connectivity index (χ0v) is 17.8. The topological polar surface area (TPSA) is 153 Å². The van der Waals surface area contributed by atoms with E-state index in [1.807, 2.05) is 19.0 Å². The maximum absolute atomic E-state index is 13.5. The molecule has 0 saturated carbocycles. The standard InChI is InChI=1S/C22H22N4O7/c1-24(2)13-8-6-12(7-9-13)18-16-17(22(11-27,23-18)21(30)31)20(29)25(19(16)28)14-4-3-5-15(10-14)26(32)33/h3-10,16-18,23,27H,11H2,1-2H3,(H,30,31). The summed E-state index contributed by atoms with van der Waals surface area (Å²) in [6.45, 7) is -0.919. The number of nitro benzene ring substituents is 1. The Morgan fingerprint density at radius 1 is 1.18 bits per heavy atom. The Labute approximate surface area is 188 Å². The monoisotopic (exact) mass is 454 g/mol. The van der Waals surface area contributed by atoms with Crippen molar-refractivity contribution in [1.82, 2.24) is 5.32 Å². The summed E-state index contributed by atoms with van der Waals surface area (Å²) >= 11 is 0. The number of anilines is 2. The molecule has 2 amide bonds. The minimum atomic E-state index is -2.09. The fourth-order valence-electron chi connectivity index (χ4n) is 4.68. The number of amides is 2. The lowest BCUT2D eigenvalue weighted by Gasteiger charge is -2.29. The Kier molecular flexibility index (Phi) is 5.38. The van der Waals surface area contributed by atoms with Gasteiger partial charge in [0.05, 0.1) is 29.1 Å². The molecule has 0 radical (unpaired) electrons. The van der Waals surface area contributed by atoms with Crippen molar-refractivity contribution < 1.29 is 29.5 Å². The predicted octanol–water partition coefficient (Wildman–Crippen LogP) is 0.927. The number of nitrogens with one attached hydrogen (secondary N) is 1. The molecule has 2 saturated heterocycles. The van der Waals surface area contributed by atoms with Gasteiger partial charge < -0.3 is 15.1 Å². The summed E-state index contributed by atoms with van der Waals surface area (Å²) in [5, 5.41) is 34.1. The van der Waals surface area contributed by atoms with Gasteiger partial charge in [-0.15, -0.1) is 0 Å². The van der Waals surface area contributed by atoms with Gasteiger partial charge in [-0.05, 0) is 23.8 Å². The van der Waals surface area contributed by atoms with Gasteiger partial charge in [0.1, 0.15) is 0 Å². The van der Waals surface area contributed by atoms with Gasteiger partial charge in [-0.1, -0.05) is 18.2 Å². The van der Waals surface area contributed by atoms with E-state index in [4.69, 9.17) is 0 Å². The van der Waals surface area contributed by atoms with Crippen molar-refractivity contribution in [2.45, 2.75) is 11.6 Å². The molecule has 4 atom stereocenters. The number of hydrogen-bond donors (Lipinski definition) is 3. The van der Waals surface area contributed by atoms with E-state index in [-0.39, 0.29) is 11.4 Å². The molecule has 33 heavy (non-hydrogen) atoms. The van der Waals surface area contributed by atoms with Crippen LogP contribution in [0.2, 0.25) is 0 Å². The van der Waals surface area contributed by atoms with E-state index in [0.717, 1.165) is 16.7 Å². The van der Waals surface area contributed by atoms with Crippen molar-refractivity contribution in [2.75, 3.05) is 30.5 Å². The highest BCUT2D eigenvalue weighted by Gasteiger charge is 2.68. The van der Waals surface area contributed by atoms with Crippen molar-refractivity contribution >= 4 is 34.8 Å². The van der Waals surface area contributed by atoms with Gasteiger partial charge in [-0.2, -0.15) is 0 Å². The molecule has 0 aliphatic carbocycles. The number of carbonyl (C=O) groups excluding carboxylic acids is 2. The molecule has 4 rings (SSSR count). The first kappa shape index (κ1) is 22.4. The van der Waals surface area contributed by atoms with E-state index in [2.05, 4.69) is 5.32 Å². The second-order valence-electron chi connectivity index (χ2n) is 8.33. The minimum absolute atomic E-state index is 0.0208. The number of aliphatic hydroxyl groups is 1. The van der Waals surface area contributed by atoms with E-state index in [1.54, 1.807) is 24.3 Å². The SMILES string of the molecule is CN(C)c1ccc(C2NC(CO)(C(=O)O)C3C(=O)N(c4cccc([N+](=O)[O-])c4)C(=O)C23)cc1. The highest BCUT2D eigenvalue weighted by molar-refractivity contribution is 6.24. The van der Waals surface area contributed by atoms with Gasteiger partial charge in [0.2, 0.25) is 11.8 Å². The average molecular weight is 454 g/mol. The smallest absolute Gasteiger partial charge is 0.327 e. The van der Waals surface area contributed by atoms with Crippen LogP contribution in [0, 0.1) is 22.0 Å². The number of non-ortho nitro benzene ring substituents is 1. The second-order valence-corrected chi connectivity index (χ2v) is 8.33. The Morgan fingerprint density at radius 2 is 1.85 bits per heavy atom. The number of carbonyl (C=O) groups is 3. The molecule has 11 heteroatoms. The lowest BCUT2D eigenvalue weighted by molar-refractivity contribution is -0.384. The average Bonchev–Trinajstić information content (AvgIpc) is 3.28. The molecule has 2 heterocycles. The van der Waals surface area contributed by atoms with Crippen LogP contribution in [0.15, 0.2) is 48.5 Å². The molecule has 2 fully saturated rings. The normalized spacial score (nSPS) is 26.4. The first-order valence-corrected chi connectivity index (χ1v) is 10.1. The molecular formula is C22H22N4O7. The Morgan fingerprint density at radius 3 is 2.39 bits per heavy atom. The molecule has 3 N–H and O–H groups in total. The first-order valence-electron chi connectivity index (χ1n) is 10.1. The summed E-state index contributed by atoms with van der Waals surface area (Å²) < 4.78 is 0. The van der Waals surface area contributed by atoms with E-state index >= 15 is 0 Å². The number of benzene rings is 2. The van der Waals surface area contributed by atoms with Crippen LogP contribution < -0.4 is 15.1 Å². The number of fused-ring (bicyclic) bond motifs is 1. The molecular weight excluding hydrogens is 432 g/mol. The van der Waals surface area contributed by atoms with Crippen LogP contribution in [-0.4, -0.2) is 59.2 Å². The third kappa shape index (κ3) is 3.33. The van der Waals surface area contributed by atoms with Crippen molar-refractivity contribution in [2.24, 2.45) is 11.8 Å². The van der Waals surface area contributed by atoms with Crippen LogP contribution in [0.3, 0.4) is 0 Å². The summed E-state index contributed by atoms with van der Waals surface area (Å²) in [6.07, 6.45) is 0. The fraction of sp³-hybridized carbons (Fsp3) is 0.318. The number of rotatable bonds is 6. The molecule has 11 nitrogen and oxygen atoms in total. The molecule has 2 aromatic rings. The lowest BCUT2D eigenvalue weighted by atomic mass is 9.79. The third-order valence-corrected chi connectivity index (χ3v) is 6.35. The number of nitro groups is 1. The van der Waals surface area contributed by atoms with Crippen LogP contribution >= 0.6 is 0 Å². The molecule has 2 aliphatic rings. The van der Waals surface area contributed by atoms with Gasteiger partial charge in [0.15, 0.2) is 5.54 Å². The minimum Gasteiger partial charge on any atom is -0.480 e. The lowest BCUT2D eigenvalue weighted by Crippen LogP contribution is -2.58. The molecule has 0 bridgehead atoms. The van der Waals surface area contributed by atoms with Gasteiger partial charge in [-0.3, -0.25) is 29.8 Å². The first-order chi connectivity index (χ1) is 15.6. The van der Waals surface area contributed by atoms with Crippen molar-refractivity contribution in [3.63, 3.8) is 0 Å². The van der Waals surface area contributed by atoms with Crippen LogP contribution in [0.5, 0.6) is 0 Å². The quantitative estimate of drug-likeness (QED) is 0.328. The number of aliphatic hydroxyl groups excluding tert-OH is 1. The van der Waals surface area contributed by atoms with Gasteiger partial charge in [0, 0.05) is 38.0 Å². The maximum Gasteiger partial charge on any atom is 0.327 e. The molecule has 2 aliphatic heterocycles. The zero-order valence-electron chi connectivity index (χ0n) is 17.8. The largest absolute Gasteiger partial charge is 0.480 e. The van der Waals surface area contributed by atoms with Crippen LogP contribution in [0.4, 0.5) is 17.1 Å². The summed E-state index contributed by atoms with van der Waals surface area (Å²) in [7, 11) is 3.71. The highest BCUT2D eigenvalue weighted by atomic mass is 16.6. The summed E-state index contributed by atoms with van der Waals surface area (Å²) in [6, 6.07) is 11.2. The van der Waals surface area contributed by atoms with Gasteiger partial charge in [-0.25, -0.2) is 4.90 Å². The Balaban J connectivity index is 1.82. The Hall–Kier alpha value is -3.83. The number of imide groups is 1. The fourth-order valence-corrected chi connectivity index (χ4v) is 4.68. The van der Waals surface area contributed by atoms with Crippen LogP contribution in [0.1, 0.15) is 11.6 Å². The van der Waals surface area contributed by atoms with Gasteiger partial charge in [0.25, 0.3) is 5.69 Å².